The predicted molar refractivity (Wildman–Crippen MR) is 108 cm³/mol. The Hall–Kier alpha value is -2.16. The van der Waals surface area contributed by atoms with Crippen molar-refractivity contribution in [1.82, 2.24) is 0 Å². The third kappa shape index (κ3) is 2.43. The quantitative estimate of drug-likeness (QED) is 0.351. The van der Waals surface area contributed by atoms with E-state index in [-0.39, 0.29) is 0 Å². The molecule has 0 bridgehead atoms. The lowest BCUT2D eigenvalue weighted by atomic mass is 9.99. The van der Waals surface area contributed by atoms with Crippen LogP contribution >= 0.6 is 0 Å². The Morgan fingerprint density at radius 1 is 0.708 bits per heavy atom. The molecule has 0 aliphatic heterocycles. The van der Waals surface area contributed by atoms with Gasteiger partial charge in [0.1, 0.15) is 0 Å². The van der Waals surface area contributed by atoms with Crippen molar-refractivity contribution in [3.63, 3.8) is 0 Å². The lowest BCUT2D eigenvalue weighted by Crippen LogP contribution is -2.45. The Morgan fingerprint density at radius 2 is 1.29 bits per heavy atom. The SMILES string of the molecule is CCO[Si](C)(C)c1c2ccccc2cc2cc3ccccc3cc12. The topological polar surface area (TPSA) is 9.23 Å². The molecule has 4 rings (SSSR count). The minimum Gasteiger partial charge on any atom is -0.413 e. The average molecular weight is 331 g/mol. The number of hydrogen-bond donors (Lipinski definition) is 0. The molecule has 0 heterocycles. The van der Waals surface area contributed by atoms with Gasteiger partial charge in [-0.15, -0.1) is 0 Å². The van der Waals surface area contributed by atoms with Crippen molar-refractivity contribution in [2.24, 2.45) is 0 Å². The largest absolute Gasteiger partial charge is 0.413 e. The summed E-state index contributed by atoms with van der Waals surface area (Å²) in [7, 11) is -2.00. The van der Waals surface area contributed by atoms with Gasteiger partial charge in [0.2, 0.25) is 8.32 Å². The second-order valence-corrected chi connectivity index (χ2v) is 10.6. The van der Waals surface area contributed by atoms with Crippen LogP contribution in [0, 0.1) is 0 Å². The lowest BCUT2D eigenvalue weighted by Gasteiger charge is -2.26. The van der Waals surface area contributed by atoms with E-state index in [1.165, 1.54) is 37.5 Å². The molecule has 2 heteroatoms. The molecular weight excluding hydrogens is 308 g/mol. The summed E-state index contributed by atoms with van der Waals surface area (Å²) in [5.41, 5.74) is 0. The van der Waals surface area contributed by atoms with Crippen molar-refractivity contribution in [2.75, 3.05) is 6.61 Å². The second-order valence-electron chi connectivity index (χ2n) is 6.84. The smallest absolute Gasteiger partial charge is 0.219 e. The van der Waals surface area contributed by atoms with Crippen molar-refractivity contribution < 1.29 is 4.43 Å². The molecule has 4 aromatic rings. The van der Waals surface area contributed by atoms with Gasteiger partial charge in [-0.3, -0.25) is 0 Å². The molecule has 0 unspecified atom stereocenters. The third-order valence-electron chi connectivity index (χ3n) is 4.84. The molecule has 0 radical (unpaired) electrons. The highest BCUT2D eigenvalue weighted by molar-refractivity contribution is 6.88. The minimum absolute atomic E-state index is 0.761. The van der Waals surface area contributed by atoms with Crippen LogP contribution in [0.5, 0.6) is 0 Å². The van der Waals surface area contributed by atoms with Gasteiger partial charge in [0.25, 0.3) is 0 Å². The molecule has 0 saturated carbocycles. The fourth-order valence-electron chi connectivity index (χ4n) is 3.84. The van der Waals surface area contributed by atoms with Gasteiger partial charge in [0.05, 0.1) is 0 Å². The molecule has 0 amide bonds. The van der Waals surface area contributed by atoms with E-state index in [1.54, 1.807) is 0 Å². The summed E-state index contributed by atoms with van der Waals surface area (Å²) in [5.74, 6) is 0. The average Bonchev–Trinajstić information content (AvgIpc) is 2.57. The van der Waals surface area contributed by atoms with Gasteiger partial charge < -0.3 is 4.43 Å². The molecule has 0 aliphatic carbocycles. The molecule has 0 saturated heterocycles. The summed E-state index contributed by atoms with van der Waals surface area (Å²) in [6.07, 6.45) is 0. The zero-order valence-corrected chi connectivity index (χ0v) is 15.5. The second kappa shape index (κ2) is 5.73. The van der Waals surface area contributed by atoms with Crippen molar-refractivity contribution in [1.29, 1.82) is 0 Å². The summed E-state index contributed by atoms with van der Waals surface area (Å²) in [6.45, 7) is 7.48. The maximum atomic E-state index is 6.28. The van der Waals surface area contributed by atoms with Crippen molar-refractivity contribution in [3.8, 4) is 0 Å². The van der Waals surface area contributed by atoms with Gasteiger partial charge in [-0.05, 0) is 75.7 Å². The summed E-state index contributed by atoms with van der Waals surface area (Å²) in [5, 5.41) is 9.30. The number of hydrogen-bond acceptors (Lipinski definition) is 1. The fourth-order valence-corrected chi connectivity index (χ4v) is 6.45. The van der Waals surface area contributed by atoms with Crippen LogP contribution in [0.25, 0.3) is 32.3 Å². The molecule has 24 heavy (non-hydrogen) atoms. The van der Waals surface area contributed by atoms with Gasteiger partial charge in [-0.2, -0.15) is 0 Å². The van der Waals surface area contributed by atoms with Crippen LogP contribution < -0.4 is 5.19 Å². The van der Waals surface area contributed by atoms with Gasteiger partial charge in [0.15, 0.2) is 0 Å². The van der Waals surface area contributed by atoms with E-state index < -0.39 is 8.32 Å². The van der Waals surface area contributed by atoms with E-state index in [4.69, 9.17) is 4.43 Å². The maximum Gasteiger partial charge on any atom is 0.219 e. The summed E-state index contributed by atoms with van der Waals surface area (Å²) >= 11 is 0. The first-order valence-corrected chi connectivity index (χ1v) is 11.5. The van der Waals surface area contributed by atoms with Gasteiger partial charge in [-0.25, -0.2) is 0 Å². The molecular formula is C22H22OSi. The van der Waals surface area contributed by atoms with Crippen LogP contribution in [0.1, 0.15) is 6.92 Å². The van der Waals surface area contributed by atoms with E-state index in [0.29, 0.717) is 0 Å². The summed E-state index contributed by atoms with van der Waals surface area (Å²) in [6, 6.07) is 24.3. The first kappa shape index (κ1) is 15.4. The van der Waals surface area contributed by atoms with E-state index in [2.05, 4.69) is 86.7 Å². The van der Waals surface area contributed by atoms with Gasteiger partial charge in [0, 0.05) is 6.61 Å². The third-order valence-corrected chi connectivity index (χ3v) is 7.59. The molecule has 0 spiro atoms. The highest BCUT2D eigenvalue weighted by Gasteiger charge is 2.29. The molecule has 120 valence electrons. The number of fused-ring (bicyclic) bond motifs is 3. The fraction of sp³-hybridized carbons (Fsp3) is 0.182. The van der Waals surface area contributed by atoms with Crippen molar-refractivity contribution >= 4 is 45.8 Å². The van der Waals surface area contributed by atoms with Gasteiger partial charge in [-0.1, -0.05) is 48.5 Å². The van der Waals surface area contributed by atoms with Crippen LogP contribution in [0.3, 0.4) is 0 Å². The van der Waals surface area contributed by atoms with Crippen LogP contribution in [0.15, 0.2) is 66.7 Å². The first-order valence-electron chi connectivity index (χ1n) is 8.59. The van der Waals surface area contributed by atoms with E-state index in [9.17, 15) is 0 Å². The van der Waals surface area contributed by atoms with Crippen LogP contribution in [-0.4, -0.2) is 14.9 Å². The van der Waals surface area contributed by atoms with Crippen LogP contribution in [-0.2, 0) is 4.43 Å². The zero-order valence-electron chi connectivity index (χ0n) is 14.5. The van der Waals surface area contributed by atoms with Gasteiger partial charge >= 0.3 is 0 Å². The Kier molecular flexibility index (Phi) is 3.67. The Bertz CT molecular complexity index is 1040. The molecule has 0 aromatic heterocycles. The molecule has 0 N–H and O–H groups in total. The zero-order chi connectivity index (χ0) is 16.7. The molecule has 0 fully saturated rings. The molecule has 0 aliphatic rings. The number of benzene rings is 4. The summed E-state index contributed by atoms with van der Waals surface area (Å²) in [4.78, 5) is 0. The standard InChI is InChI=1S/C22H22OSi/c1-4-23-24(2,3)22-20-12-8-7-11-18(20)14-19-13-16-9-5-6-10-17(16)15-21(19)22/h5-15H,4H2,1-3H3. The molecule has 1 nitrogen and oxygen atoms in total. The van der Waals surface area contributed by atoms with Crippen molar-refractivity contribution in [2.45, 2.75) is 20.0 Å². The highest BCUT2D eigenvalue weighted by Crippen LogP contribution is 2.28. The minimum atomic E-state index is -2.00. The summed E-state index contributed by atoms with van der Waals surface area (Å²) < 4.78 is 6.28. The molecule has 0 atom stereocenters. The van der Waals surface area contributed by atoms with E-state index in [1.807, 2.05) is 0 Å². The molecule has 4 aromatic carbocycles. The van der Waals surface area contributed by atoms with E-state index in [0.717, 1.165) is 6.61 Å². The maximum absolute atomic E-state index is 6.28. The van der Waals surface area contributed by atoms with Crippen molar-refractivity contribution in [3.05, 3.63) is 66.7 Å². The monoisotopic (exact) mass is 330 g/mol. The lowest BCUT2D eigenvalue weighted by molar-refractivity contribution is 0.339. The normalized spacial score (nSPS) is 12.3. The Labute approximate surface area is 144 Å². The predicted octanol–water partition coefficient (Wildman–Crippen LogP) is 5.59. The Morgan fingerprint density at radius 3 is 2.00 bits per heavy atom. The van der Waals surface area contributed by atoms with Crippen LogP contribution in [0.4, 0.5) is 0 Å². The first-order chi connectivity index (χ1) is 11.6. The Balaban J connectivity index is 2.19. The van der Waals surface area contributed by atoms with Crippen LogP contribution in [0.2, 0.25) is 13.1 Å². The van der Waals surface area contributed by atoms with E-state index >= 15 is 0 Å². The highest BCUT2D eigenvalue weighted by atomic mass is 28.4. The number of rotatable bonds is 3.